The summed E-state index contributed by atoms with van der Waals surface area (Å²) >= 11 is 13.5. The summed E-state index contributed by atoms with van der Waals surface area (Å²) in [5.74, 6) is -0.451. The average Bonchev–Trinajstić information content (AvgIpc) is 2.61. The number of aromatic nitrogens is 1. The van der Waals surface area contributed by atoms with Crippen LogP contribution in [-0.4, -0.2) is 4.98 Å². The lowest BCUT2D eigenvalue weighted by atomic mass is 10.2. The van der Waals surface area contributed by atoms with Crippen LogP contribution in [0.1, 0.15) is 0 Å². The number of hydrogen-bond acceptors (Lipinski definition) is 2. The Hall–Kier alpha value is 0.0300. The first-order valence-electron chi connectivity index (χ1n) is 3.84. The van der Waals surface area contributed by atoms with Gasteiger partial charge in [0.25, 0.3) is 0 Å². The number of rotatable bonds is 1. The van der Waals surface area contributed by atoms with E-state index < -0.39 is 5.82 Å². The van der Waals surface area contributed by atoms with Crippen LogP contribution in [0.15, 0.2) is 26.6 Å². The van der Waals surface area contributed by atoms with E-state index in [1.807, 2.05) is 0 Å². The largest absolute Gasteiger partial charge is 0.229 e. The van der Waals surface area contributed by atoms with Crippen molar-refractivity contribution < 1.29 is 4.39 Å². The minimum atomic E-state index is -0.451. The second kappa shape index (κ2) is 4.49. The Balaban J connectivity index is 2.59. The van der Waals surface area contributed by atoms with Gasteiger partial charge >= 0.3 is 0 Å². The molecule has 0 saturated carbocycles. The quantitative estimate of drug-likeness (QED) is 0.634. The van der Waals surface area contributed by atoms with Crippen molar-refractivity contribution in [3.05, 3.63) is 37.4 Å². The Kier molecular flexibility index (Phi) is 3.45. The number of thiazole rings is 1. The summed E-state index contributed by atoms with van der Waals surface area (Å²) in [4.78, 5) is 4.13. The third kappa shape index (κ3) is 2.25. The first kappa shape index (κ1) is 11.5. The summed E-state index contributed by atoms with van der Waals surface area (Å²) in [5, 5.41) is 2.48. The second-order valence-electron chi connectivity index (χ2n) is 2.70. The molecule has 0 aliphatic heterocycles. The van der Waals surface area contributed by atoms with Gasteiger partial charge in [0, 0.05) is 15.4 Å². The van der Waals surface area contributed by atoms with Crippen LogP contribution in [0.4, 0.5) is 4.39 Å². The predicted octanol–water partition coefficient (Wildman–Crippen LogP) is 5.13. The van der Waals surface area contributed by atoms with Crippen molar-refractivity contribution in [1.82, 2.24) is 4.98 Å². The highest BCUT2D eigenvalue weighted by Crippen LogP contribution is 2.34. The maximum absolute atomic E-state index is 13.7. The molecule has 0 unspecified atom stereocenters. The van der Waals surface area contributed by atoms with Gasteiger partial charge in [0.1, 0.15) is 9.61 Å². The summed E-state index contributed by atoms with van der Waals surface area (Å²) in [6.07, 6.45) is 0. The standard InChI is InChI=1S/C9H3Br2ClFNS/c10-5-2-1-4(8(13)7(5)12)9-14-6(11)3-15-9/h1-3H. The lowest BCUT2D eigenvalue weighted by molar-refractivity contribution is 0.631. The molecule has 0 amide bonds. The van der Waals surface area contributed by atoms with Crippen LogP contribution in [0.25, 0.3) is 10.6 Å². The molecule has 0 fully saturated rings. The number of nitrogens with zero attached hydrogens (tertiary/aromatic N) is 1. The molecule has 0 aliphatic carbocycles. The van der Waals surface area contributed by atoms with Crippen LogP contribution in [0.2, 0.25) is 5.02 Å². The number of benzene rings is 1. The third-order valence-electron chi connectivity index (χ3n) is 1.74. The van der Waals surface area contributed by atoms with Crippen molar-refractivity contribution in [2.45, 2.75) is 0 Å². The summed E-state index contributed by atoms with van der Waals surface area (Å²) in [7, 11) is 0. The predicted molar refractivity (Wildman–Crippen MR) is 67.9 cm³/mol. The molecule has 0 spiro atoms. The molecular weight excluding hydrogens is 368 g/mol. The number of hydrogen-bond donors (Lipinski definition) is 0. The molecule has 0 aliphatic rings. The molecule has 15 heavy (non-hydrogen) atoms. The monoisotopic (exact) mass is 369 g/mol. The van der Waals surface area contributed by atoms with Gasteiger partial charge in [-0.05, 0) is 44.0 Å². The molecule has 1 aromatic heterocycles. The zero-order valence-corrected chi connectivity index (χ0v) is 11.8. The summed E-state index contributed by atoms with van der Waals surface area (Å²) in [6.45, 7) is 0. The van der Waals surface area contributed by atoms with Crippen LogP contribution in [-0.2, 0) is 0 Å². The second-order valence-corrected chi connectivity index (χ2v) is 5.60. The first-order chi connectivity index (χ1) is 7.09. The molecular formula is C9H3Br2ClFNS. The van der Waals surface area contributed by atoms with Gasteiger partial charge < -0.3 is 0 Å². The molecule has 1 aromatic carbocycles. The molecule has 1 heterocycles. The highest BCUT2D eigenvalue weighted by molar-refractivity contribution is 9.10. The fourth-order valence-electron chi connectivity index (χ4n) is 1.07. The highest BCUT2D eigenvalue weighted by Gasteiger charge is 2.14. The van der Waals surface area contributed by atoms with Gasteiger partial charge in [0.2, 0.25) is 0 Å². The van der Waals surface area contributed by atoms with Gasteiger partial charge in [-0.1, -0.05) is 11.6 Å². The molecule has 0 atom stereocenters. The molecule has 2 aromatic rings. The molecule has 0 radical (unpaired) electrons. The van der Waals surface area contributed by atoms with Gasteiger partial charge in [-0.25, -0.2) is 9.37 Å². The average molecular weight is 371 g/mol. The van der Waals surface area contributed by atoms with E-state index in [9.17, 15) is 4.39 Å². The minimum absolute atomic E-state index is 0.0822. The topological polar surface area (TPSA) is 12.9 Å². The van der Waals surface area contributed by atoms with Crippen LogP contribution >= 0.6 is 54.8 Å². The van der Waals surface area contributed by atoms with E-state index >= 15 is 0 Å². The smallest absolute Gasteiger partial charge is 0.153 e. The fraction of sp³-hybridized carbons (Fsp3) is 0. The Morgan fingerprint density at radius 1 is 1.33 bits per heavy atom. The lowest BCUT2D eigenvalue weighted by Crippen LogP contribution is -1.85. The number of halogens is 4. The molecule has 1 nitrogen and oxygen atoms in total. The van der Waals surface area contributed by atoms with Gasteiger partial charge in [0.05, 0.1) is 5.02 Å². The van der Waals surface area contributed by atoms with Crippen molar-refractivity contribution in [2.75, 3.05) is 0 Å². The molecule has 0 N–H and O–H groups in total. The molecule has 6 heteroatoms. The van der Waals surface area contributed by atoms with E-state index in [-0.39, 0.29) is 5.02 Å². The van der Waals surface area contributed by atoms with Gasteiger partial charge in [-0.2, -0.15) is 0 Å². The molecule has 78 valence electrons. The zero-order valence-electron chi connectivity index (χ0n) is 7.10. The van der Waals surface area contributed by atoms with E-state index in [1.165, 1.54) is 11.3 Å². The molecule has 0 bridgehead atoms. The van der Waals surface area contributed by atoms with Crippen molar-refractivity contribution in [2.24, 2.45) is 0 Å². The van der Waals surface area contributed by atoms with Crippen LogP contribution in [0.3, 0.4) is 0 Å². The van der Waals surface area contributed by atoms with Crippen molar-refractivity contribution in [3.8, 4) is 10.6 Å². The Morgan fingerprint density at radius 2 is 2.07 bits per heavy atom. The lowest BCUT2D eigenvalue weighted by Gasteiger charge is -2.02. The maximum atomic E-state index is 13.7. The zero-order chi connectivity index (χ0) is 11.0. The van der Waals surface area contributed by atoms with E-state index in [4.69, 9.17) is 11.6 Å². The normalized spacial score (nSPS) is 10.7. The molecule has 2 rings (SSSR count). The SMILES string of the molecule is Fc1c(-c2nc(Br)cs2)ccc(Br)c1Cl. The first-order valence-corrected chi connectivity index (χ1v) is 6.69. The van der Waals surface area contributed by atoms with Crippen molar-refractivity contribution >= 4 is 54.8 Å². The summed E-state index contributed by atoms with van der Waals surface area (Å²) < 4.78 is 15.0. The third-order valence-corrected chi connectivity index (χ3v) is 4.59. The van der Waals surface area contributed by atoms with E-state index in [2.05, 4.69) is 36.8 Å². The van der Waals surface area contributed by atoms with E-state index in [0.29, 0.717) is 19.6 Å². The van der Waals surface area contributed by atoms with Gasteiger partial charge in [0.15, 0.2) is 5.82 Å². The summed E-state index contributed by atoms with van der Waals surface area (Å²) in [5.41, 5.74) is 0.416. The Labute approximate surface area is 112 Å². The van der Waals surface area contributed by atoms with E-state index in [0.717, 1.165) is 0 Å². The van der Waals surface area contributed by atoms with Crippen LogP contribution in [0, 0.1) is 5.82 Å². The highest BCUT2D eigenvalue weighted by atomic mass is 79.9. The van der Waals surface area contributed by atoms with Crippen LogP contribution in [0.5, 0.6) is 0 Å². The minimum Gasteiger partial charge on any atom is -0.229 e. The van der Waals surface area contributed by atoms with Gasteiger partial charge in [-0.3, -0.25) is 0 Å². The van der Waals surface area contributed by atoms with Crippen molar-refractivity contribution in [3.63, 3.8) is 0 Å². The van der Waals surface area contributed by atoms with E-state index in [1.54, 1.807) is 17.5 Å². The maximum Gasteiger partial charge on any atom is 0.153 e. The summed E-state index contributed by atoms with van der Waals surface area (Å²) in [6, 6.07) is 3.35. The van der Waals surface area contributed by atoms with Crippen LogP contribution < -0.4 is 0 Å². The molecule has 0 saturated heterocycles. The Morgan fingerprint density at radius 3 is 2.67 bits per heavy atom. The Bertz CT molecular complexity index is 515. The fourth-order valence-corrected chi connectivity index (χ4v) is 2.81. The van der Waals surface area contributed by atoms with Gasteiger partial charge in [-0.15, -0.1) is 11.3 Å². The van der Waals surface area contributed by atoms with Crippen molar-refractivity contribution in [1.29, 1.82) is 0 Å².